The highest BCUT2D eigenvalue weighted by Crippen LogP contribution is 2.30. The number of carbonyl (C=O) groups is 2. The first-order valence-electron chi connectivity index (χ1n) is 8.05. The molecule has 0 aromatic heterocycles. The van der Waals surface area contributed by atoms with Crippen molar-refractivity contribution in [2.45, 2.75) is 6.92 Å². The molecule has 7 nitrogen and oxygen atoms in total. The van der Waals surface area contributed by atoms with Crippen LogP contribution in [0.4, 0.5) is 11.4 Å². The van der Waals surface area contributed by atoms with Gasteiger partial charge in [-0.3, -0.25) is 9.59 Å². The maximum absolute atomic E-state index is 12.5. The monoisotopic (exact) mass is 408 g/mol. The van der Waals surface area contributed by atoms with Crippen molar-refractivity contribution in [1.82, 2.24) is 0 Å². The third-order valence-electron chi connectivity index (χ3n) is 4.11. The summed E-state index contributed by atoms with van der Waals surface area (Å²) in [5.41, 5.74) is 0.807. The third kappa shape index (κ3) is 3.77. The molecule has 0 aliphatic carbocycles. The van der Waals surface area contributed by atoms with Gasteiger partial charge < -0.3 is 10.1 Å². The summed E-state index contributed by atoms with van der Waals surface area (Å²) in [5.74, 6) is -1.35. The lowest BCUT2D eigenvalue weighted by Crippen LogP contribution is -2.30. The fraction of sp³-hybridized carbons (Fsp3) is 0.222. The molecule has 2 aromatic rings. The molecule has 0 bridgehead atoms. The summed E-state index contributed by atoms with van der Waals surface area (Å²) in [5, 5.41) is 3.02. The summed E-state index contributed by atoms with van der Waals surface area (Å²) >= 11 is 6.04. The van der Waals surface area contributed by atoms with E-state index in [1.54, 1.807) is 19.1 Å². The fourth-order valence-corrected chi connectivity index (χ4v) is 4.88. The summed E-state index contributed by atoms with van der Waals surface area (Å²) in [6.07, 6.45) is 0. The molecule has 1 N–H and O–H groups in total. The molecule has 142 valence electrons. The highest BCUT2D eigenvalue weighted by atomic mass is 35.5. The zero-order chi connectivity index (χ0) is 19.8. The van der Waals surface area contributed by atoms with Crippen LogP contribution in [0, 0.1) is 5.92 Å². The quantitative estimate of drug-likeness (QED) is 0.839. The predicted molar refractivity (Wildman–Crippen MR) is 103 cm³/mol. The van der Waals surface area contributed by atoms with E-state index in [1.807, 2.05) is 0 Å². The Labute approximate surface area is 161 Å². The van der Waals surface area contributed by atoms with Crippen LogP contribution in [0.3, 0.4) is 0 Å². The van der Waals surface area contributed by atoms with Crippen LogP contribution in [0.2, 0.25) is 5.02 Å². The summed E-state index contributed by atoms with van der Waals surface area (Å²) < 4.78 is 30.3. The van der Waals surface area contributed by atoms with Crippen LogP contribution >= 0.6 is 11.6 Å². The van der Waals surface area contributed by atoms with E-state index in [4.69, 9.17) is 16.3 Å². The maximum Gasteiger partial charge on any atom is 0.255 e. The molecule has 0 radical (unpaired) electrons. The number of hydrogen-bond acceptors (Lipinski definition) is 5. The minimum absolute atomic E-state index is 0.143. The first-order chi connectivity index (χ1) is 12.7. The van der Waals surface area contributed by atoms with Crippen LogP contribution in [-0.2, 0) is 14.8 Å². The predicted octanol–water partition coefficient (Wildman–Crippen LogP) is 2.91. The molecule has 0 saturated carbocycles. The number of anilines is 2. The number of ether oxygens (including phenoxy) is 1. The Kier molecular flexibility index (Phi) is 5.12. The normalized spacial score (nSPS) is 18.4. The number of nitrogens with zero attached hydrogens (tertiary/aromatic N) is 1. The number of hydrogen-bond donors (Lipinski definition) is 1. The lowest BCUT2D eigenvalue weighted by atomic mass is 10.1. The zero-order valence-corrected chi connectivity index (χ0v) is 16.2. The largest absolute Gasteiger partial charge is 0.495 e. The van der Waals surface area contributed by atoms with Gasteiger partial charge in [-0.1, -0.05) is 24.6 Å². The highest BCUT2D eigenvalue weighted by Gasteiger charge is 2.42. The minimum Gasteiger partial charge on any atom is -0.495 e. The van der Waals surface area contributed by atoms with E-state index in [2.05, 4.69) is 5.32 Å². The van der Waals surface area contributed by atoms with E-state index in [0.717, 1.165) is 4.31 Å². The van der Waals surface area contributed by atoms with Crippen LogP contribution in [-0.4, -0.2) is 33.1 Å². The molecular weight excluding hydrogens is 392 g/mol. The summed E-state index contributed by atoms with van der Waals surface area (Å²) in [6.45, 7) is 1.56. The Morgan fingerprint density at radius 1 is 1.26 bits per heavy atom. The molecule has 9 heteroatoms. The van der Waals surface area contributed by atoms with Crippen LogP contribution in [0.25, 0.3) is 0 Å². The molecule has 1 aliphatic heterocycles. The highest BCUT2D eigenvalue weighted by molar-refractivity contribution is 7.94. The summed E-state index contributed by atoms with van der Waals surface area (Å²) in [7, 11) is -2.25. The standard InChI is InChI=1S/C18H17ClN2O5S/c1-11-10-27(24,25)21(18(11)23)14-5-3-4-12(8-14)17(22)20-13-6-7-16(26-2)15(19)9-13/h3-9,11H,10H2,1-2H3,(H,20,22)/t11-/m1/s1. The van der Waals surface area contributed by atoms with Gasteiger partial charge in [-0.2, -0.15) is 0 Å². The molecule has 0 unspecified atom stereocenters. The second-order valence-electron chi connectivity index (χ2n) is 6.14. The van der Waals surface area contributed by atoms with E-state index in [1.165, 1.54) is 37.4 Å². The van der Waals surface area contributed by atoms with Gasteiger partial charge in [0.25, 0.3) is 5.91 Å². The van der Waals surface area contributed by atoms with Crippen molar-refractivity contribution in [3.05, 3.63) is 53.1 Å². The molecule has 2 amide bonds. The Morgan fingerprint density at radius 3 is 2.59 bits per heavy atom. The summed E-state index contributed by atoms with van der Waals surface area (Å²) in [4.78, 5) is 24.7. The minimum atomic E-state index is -3.73. The number of rotatable bonds is 4. The number of methoxy groups -OCH3 is 1. The summed E-state index contributed by atoms with van der Waals surface area (Å²) in [6, 6.07) is 10.7. The topological polar surface area (TPSA) is 92.8 Å². The lowest BCUT2D eigenvalue weighted by Gasteiger charge is -2.16. The molecule has 0 spiro atoms. The van der Waals surface area contributed by atoms with E-state index in [9.17, 15) is 18.0 Å². The van der Waals surface area contributed by atoms with Crippen molar-refractivity contribution in [3.63, 3.8) is 0 Å². The third-order valence-corrected chi connectivity index (χ3v) is 6.28. The molecule has 2 aromatic carbocycles. The molecule has 1 atom stereocenters. The number of nitrogens with one attached hydrogen (secondary N) is 1. The van der Waals surface area contributed by atoms with Gasteiger partial charge in [-0.15, -0.1) is 0 Å². The number of carbonyl (C=O) groups excluding carboxylic acids is 2. The van der Waals surface area contributed by atoms with Gasteiger partial charge >= 0.3 is 0 Å². The van der Waals surface area contributed by atoms with E-state index in [-0.39, 0.29) is 17.0 Å². The van der Waals surface area contributed by atoms with Crippen LogP contribution in [0.15, 0.2) is 42.5 Å². The van der Waals surface area contributed by atoms with Gasteiger partial charge in [0.2, 0.25) is 15.9 Å². The molecule has 1 aliphatic rings. The molecular formula is C18H17ClN2O5S. The van der Waals surface area contributed by atoms with Crippen LogP contribution in [0.1, 0.15) is 17.3 Å². The second kappa shape index (κ2) is 7.21. The van der Waals surface area contributed by atoms with Crippen LogP contribution in [0.5, 0.6) is 5.75 Å². The van der Waals surface area contributed by atoms with E-state index in [0.29, 0.717) is 16.5 Å². The SMILES string of the molecule is COc1ccc(NC(=O)c2cccc(N3C(=O)[C@H](C)CS3(=O)=O)c2)cc1Cl. The van der Waals surface area contributed by atoms with Gasteiger partial charge in [-0.25, -0.2) is 12.7 Å². The fourth-order valence-electron chi connectivity index (χ4n) is 2.81. The van der Waals surface area contributed by atoms with Gasteiger partial charge in [0, 0.05) is 11.3 Å². The van der Waals surface area contributed by atoms with E-state index >= 15 is 0 Å². The van der Waals surface area contributed by atoms with Crippen molar-refractivity contribution in [1.29, 1.82) is 0 Å². The average molecular weight is 409 g/mol. The van der Waals surface area contributed by atoms with Crippen molar-refractivity contribution < 1.29 is 22.7 Å². The van der Waals surface area contributed by atoms with Crippen molar-refractivity contribution in [3.8, 4) is 5.75 Å². The Morgan fingerprint density at radius 2 is 2.00 bits per heavy atom. The lowest BCUT2D eigenvalue weighted by molar-refractivity contribution is -0.119. The second-order valence-corrected chi connectivity index (χ2v) is 8.41. The number of amides is 2. The van der Waals surface area contributed by atoms with Gasteiger partial charge in [0.1, 0.15) is 5.75 Å². The Hall–Kier alpha value is -2.58. The van der Waals surface area contributed by atoms with Crippen molar-refractivity contribution in [2.75, 3.05) is 22.5 Å². The smallest absolute Gasteiger partial charge is 0.255 e. The first-order valence-corrected chi connectivity index (χ1v) is 10.0. The van der Waals surface area contributed by atoms with Crippen LogP contribution < -0.4 is 14.4 Å². The van der Waals surface area contributed by atoms with Gasteiger partial charge in [0.15, 0.2) is 0 Å². The molecule has 27 heavy (non-hydrogen) atoms. The number of sulfonamides is 1. The van der Waals surface area contributed by atoms with Crippen molar-refractivity contribution in [2.24, 2.45) is 5.92 Å². The molecule has 1 fully saturated rings. The van der Waals surface area contributed by atoms with Gasteiger partial charge in [0.05, 0.1) is 29.5 Å². The molecule has 3 rings (SSSR count). The Balaban J connectivity index is 1.86. The Bertz CT molecular complexity index is 1020. The molecule has 1 heterocycles. The van der Waals surface area contributed by atoms with E-state index < -0.39 is 27.8 Å². The number of halogens is 1. The molecule has 1 saturated heterocycles. The zero-order valence-electron chi connectivity index (χ0n) is 14.6. The average Bonchev–Trinajstić information content (AvgIpc) is 2.82. The van der Waals surface area contributed by atoms with Crippen molar-refractivity contribution >= 4 is 44.8 Å². The maximum atomic E-state index is 12.5. The first kappa shape index (κ1) is 19.2. The number of benzene rings is 2. The van der Waals surface area contributed by atoms with Gasteiger partial charge in [-0.05, 0) is 36.4 Å².